The second kappa shape index (κ2) is 9.88. The summed E-state index contributed by atoms with van der Waals surface area (Å²) in [5.74, 6) is 0.824. The number of nitrogens with one attached hydrogen (secondary N) is 1. The van der Waals surface area contributed by atoms with E-state index in [1.54, 1.807) is 0 Å². The van der Waals surface area contributed by atoms with Crippen molar-refractivity contribution in [2.24, 2.45) is 5.92 Å². The Morgan fingerprint density at radius 2 is 1.42 bits per heavy atom. The Balaban J connectivity index is 2.36. The molecule has 0 aromatic carbocycles. The van der Waals surface area contributed by atoms with E-state index in [1.807, 2.05) is 20.8 Å². The largest absolute Gasteiger partial charge is 0.515 e. The van der Waals surface area contributed by atoms with Gasteiger partial charge in [-0.1, -0.05) is 19.3 Å². The van der Waals surface area contributed by atoms with E-state index in [9.17, 15) is 0 Å². The van der Waals surface area contributed by atoms with Crippen LogP contribution in [0.2, 0.25) is 0 Å². The molecule has 1 N–H and O–H groups in total. The highest BCUT2D eigenvalue weighted by Crippen LogP contribution is 2.22. The van der Waals surface area contributed by atoms with Crippen LogP contribution in [0.25, 0.3) is 0 Å². The summed E-state index contributed by atoms with van der Waals surface area (Å²) < 4.78 is 17.5. The smallest absolute Gasteiger partial charge is 0.373 e. The van der Waals surface area contributed by atoms with E-state index in [0.29, 0.717) is 19.8 Å². The van der Waals surface area contributed by atoms with Crippen LogP contribution in [0.4, 0.5) is 0 Å². The summed E-state index contributed by atoms with van der Waals surface area (Å²) in [6.45, 7) is 9.02. The predicted molar refractivity (Wildman–Crippen MR) is 80.1 cm³/mol. The molecule has 1 aliphatic carbocycles. The van der Waals surface area contributed by atoms with Gasteiger partial charge >= 0.3 is 8.80 Å². The molecule has 0 saturated heterocycles. The molecular formula is C14H31NO3Si. The third-order valence-electron chi connectivity index (χ3n) is 3.59. The van der Waals surface area contributed by atoms with Gasteiger partial charge in [0.05, 0.1) is 6.17 Å². The van der Waals surface area contributed by atoms with E-state index >= 15 is 0 Å². The summed E-state index contributed by atoms with van der Waals surface area (Å²) in [7, 11) is -2.49. The molecule has 1 rings (SSSR count). The van der Waals surface area contributed by atoms with Gasteiger partial charge in [0.15, 0.2) is 0 Å². The second-order valence-corrected chi connectivity index (χ2v) is 7.70. The fourth-order valence-electron chi connectivity index (χ4n) is 2.76. The van der Waals surface area contributed by atoms with Gasteiger partial charge in [0.2, 0.25) is 0 Å². The van der Waals surface area contributed by atoms with Crippen LogP contribution in [0.15, 0.2) is 0 Å². The van der Waals surface area contributed by atoms with Crippen molar-refractivity contribution in [2.75, 3.05) is 32.5 Å². The molecule has 1 fully saturated rings. The third kappa shape index (κ3) is 6.36. The van der Waals surface area contributed by atoms with E-state index in [2.05, 4.69) is 5.32 Å². The Bertz CT molecular complexity index is 206. The summed E-state index contributed by atoms with van der Waals surface area (Å²) >= 11 is 0. The monoisotopic (exact) mass is 289 g/mol. The van der Waals surface area contributed by atoms with Crippen molar-refractivity contribution < 1.29 is 13.3 Å². The lowest BCUT2D eigenvalue weighted by Gasteiger charge is -2.30. The zero-order valence-electron chi connectivity index (χ0n) is 12.9. The Morgan fingerprint density at radius 1 is 0.895 bits per heavy atom. The summed E-state index contributed by atoms with van der Waals surface area (Å²) in [6, 6.07) is 0. The highest BCUT2D eigenvalue weighted by molar-refractivity contribution is 6.60. The minimum Gasteiger partial charge on any atom is -0.373 e. The molecule has 4 nitrogen and oxygen atoms in total. The van der Waals surface area contributed by atoms with Crippen molar-refractivity contribution in [3.05, 3.63) is 0 Å². The summed E-state index contributed by atoms with van der Waals surface area (Å²) in [5, 5.41) is 3.54. The zero-order valence-corrected chi connectivity index (χ0v) is 13.9. The number of hydrogen-bond acceptors (Lipinski definition) is 4. The van der Waals surface area contributed by atoms with E-state index < -0.39 is 8.80 Å². The molecule has 1 saturated carbocycles. The van der Waals surface area contributed by atoms with Crippen LogP contribution in [0, 0.1) is 5.92 Å². The second-order valence-electron chi connectivity index (χ2n) is 5.12. The average molecular weight is 289 g/mol. The molecule has 0 spiro atoms. The van der Waals surface area contributed by atoms with Gasteiger partial charge in [-0.3, -0.25) is 0 Å². The molecule has 0 heterocycles. The van der Waals surface area contributed by atoms with Crippen LogP contribution in [-0.2, 0) is 13.3 Å². The van der Waals surface area contributed by atoms with Crippen molar-refractivity contribution in [3.63, 3.8) is 0 Å². The van der Waals surface area contributed by atoms with Gasteiger partial charge in [-0.2, -0.15) is 0 Å². The summed E-state index contributed by atoms with van der Waals surface area (Å²) in [6.07, 6.45) is 7.64. The minimum absolute atomic E-state index is 0.650. The van der Waals surface area contributed by atoms with Gasteiger partial charge < -0.3 is 18.6 Å². The van der Waals surface area contributed by atoms with Gasteiger partial charge in [-0.25, -0.2) is 0 Å². The van der Waals surface area contributed by atoms with Crippen molar-refractivity contribution >= 4 is 8.80 Å². The van der Waals surface area contributed by atoms with Crippen molar-refractivity contribution in [3.8, 4) is 0 Å². The molecule has 5 heteroatoms. The van der Waals surface area contributed by atoms with E-state index in [1.165, 1.54) is 32.1 Å². The number of rotatable bonds is 10. The summed E-state index contributed by atoms with van der Waals surface area (Å²) in [4.78, 5) is 0. The fraction of sp³-hybridized carbons (Fsp3) is 1.00. The maximum atomic E-state index is 5.83. The van der Waals surface area contributed by atoms with Gasteiger partial charge in [0, 0.05) is 19.8 Å². The van der Waals surface area contributed by atoms with E-state index in [4.69, 9.17) is 13.3 Å². The Morgan fingerprint density at radius 3 is 1.89 bits per heavy atom. The molecule has 114 valence electrons. The van der Waals surface area contributed by atoms with Crippen LogP contribution >= 0.6 is 0 Å². The van der Waals surface area contributed by atoms with Crippen molar-refractivity contribution in [2.45, 2.75) is 52.9 Å². The third-order valence-corrected chi connectivity index (χ3v) is 6.46. The van der Waals surface area contributed by atoms with Crippen LogP contribution in [-0.4, -0.2) is 41.3 Å². The first kappa shape index (κ1) is 17.1. The van der Waals surface area contributed by atoms with E-state index in [-0.39, 0.29) is 0 Å². The maximum Gasteiger partial charge on any atom is 0.515 e. The molecule has 0 aromatic rings. The van der Waals surface area contributed by atoms with E-state index in [0.717, 1.165) is 18.6 Å². The average Bonchev–Trinajstić information content (AvgIpc) is 2.41. The normalized spacial score (nSPS) is 17.8. The van der Waals surface area contributed by atoms with Gasteiger partial charge in [-0.05, 0) is 46.1 Å². The van der Waals surface area contributed by atoms with Crippen LogP contribution in [0.1, 0.15) is 52.9 Å². The Kier molecular flexibility index (Phi) is 8.90. The Hall–Kier alpha value is 0.0569. The van der Waals surface area contributed by atoms with Crippen LogP contribution in [0.5, 0.6) is 0 Å². The van der Waals surface area contributed by atoms with Crippen LogP contribution in [0.3, 0.4) is 0 Å². The van der Waals surface area contributed by atoms with Gasteiger partial charge in [0.1, 0.15) is 0 Å². The van der Waals surface area contributed by atoms with Crippen molar-refractivity contribution in [1.29, 1.82) is 0 Å². The SMILES string of the molecule is CCO[Si](CNCC1CCCCC1)(OCC)OCC. The molecule has 1 aliphatic rings. The molecule has 19 heavy (non-hydrogen) atoms. The van der Waals surface area contributed by atoms with Gasteiger partial charge in [0.25, 0.3) is 0 Å². The standard InChI is InChI=1S/C14H31NO3Si/c1-4-16-19(17-5-2,18-6-3)13-15-12-14-10-8-7-9-11-14/h14-15H,4-13H2,1-3H3. The first-order valence-electron chi connectivity index (χ1n) is 7.89. The molecular weight excluding hydrogens is 258 g/mol. The highest BCUT2D eigenvalue weighted by Gasteiger charge is 2.40. The lowest BCUT2D eigenvalue weighted by molar-refractivity contribution is 0.0697. The molecule has 0 radical (unpaired) electrons. The molecule has 0 aliphatic heterocycles. The Labute approximate surface area is 119 Å². The molecule has 0 unspecified atom stereocenters. The first-order chi connectivity index (χ1) is 9.26. The summed E-state index contributed by atoms with van der Waals surface area (Å²) in [5.41, 5.74) is 0. The van der Waals surface area contributed by atoms with Crippen molar-refractivity contribution in [1.82, 2.24) is 5.32 Å². The topological polar surface area (TPSA) is 39.7 Å². The molecule has 0 aromatic heterocycles. The fourth-order valence-corrected chi connectivity index (χ4v) is 5.08. The maximum absolute atomic E-state index is 5.83. The van der Waals surface area contributed by atoms with Crippen LogP contribution < -0.4 is 5.32 Å². The quantitative estimate of drug-likeness (QED) is 0.628. The first-order valence-corrected chi connectivity index (χ1v) is 9.82. The lowest BCUT2D eigenvalue weighted by atomic mass is 9.89. The minimum atomic E-state index is -2.49. The number of hydrogen-bond donors (Lipinski definition) is 1. The lowest BCUT2D eigenvalue weighted by Crippen LogP contribution is -2.55. The predicted octanol–water partition coefficient (Wildman–Crippen LogP) is 2.74. The van der Waals surface area contributed by atoms with Gasteiger partial charge in [-0.15, -0.1) is 0 Å². The molecule has 0 bridgehead atoms. The zero-order chi connectivity index (χ0) is 14.0. The molecule has 0 atom stereocenters. The molecule has 0 amide bonds. The highest BCUT2D eigenvalue weighted by atomic mass is 28.4.